The van der Waals surface area contributed by atoms with Crippen molar-refractivity contribution in [3.63, 3.8) is 0 Å². The number of aromatic nitrogens is 1. The summed E-state index contributed by atoms with van der Waals surface area (Å²) in [5, 5.41) is 0. The van der Waals surface area contributed by atoms with Gasteiger partial charge in [0.2, 0.25) is 0 Å². The third kappa shape index (κ3) is 3.08. The molecular weight excluding hydrogens is 224 g/mol. The fraction of sp³-hybridized carbons (Fsp3) is 0.267. The lowest BCUT2D eigenvalue weighted by Crippen LogP contribution is -2.00. The Morgan fingerprint density at radius 2 is 1.83 bits per heavy atom. The molecule has 0 radical (unpaired) electrons. The maximum Gasteiger partial charge on any atom is 0.118 e. The van der Waals surface area contributed by atoms with Crippen molar-refractivity contribution in [3.8, 4) is 5.75 Å². The Balaban J connectivity index is 0.00000162. The molecule has 1 aromatic heterocycles. The van der Waals surface area contributed by atoms with Crippen LogP contribution < -0.4 is 10.9 Å². The summed E-state index contributed by atoms with van der Waals surface area (Å²) in [6.45, 7) is 2.20. The van der Waals surface area contributed by atoms with Gasteiger partial charge in [0, 0.05) is 18.3 Å². The van der Waals surface area contributed by atoms with Crippen molar-refractivity contribution >= 4 is 0 Å². The largest absolute Gasteiger partial charge is 0.497 e. The summed E-state index contributed by atoms with van der Waals surface area (Å²) >= 11 is 0. The van der Waals surface area contributed by atoms with E-state index in [0.29, 0.717) is 5.92 Å². The maximum absolute atomic E-state index is 5.18. The van der Waals surface area contributed by atoms with E-state index < -0.39 is 0 Å². The molecule has 0 aliphatic carbocycles. The van der Waals surface area contributed by atoms with Crippen molar-refractivity contribution in [2.75, 3.05) is 7.11 Å². The predicted molar refractivity (Wildman–Crippen MR) is 74.4 cm³/mol. The smallest absolute Gasteiger partial charge is 0.118 e. The van der Waals surface area contributed by atoms with Crippen molar-refractivity contribution in [1.29, 1.82) is 0 Å². The van der Waals surface area contributed by atoms with Crippen LogP contribution in [0.3, 0.4) is 0 Å². The third-order valence-electron chi connectivity index (χ3n) is 3.01. The average Bonchev–Trinajstić information content (AvgIpc) is 2.42. The zero-order valence-electron chi connectivity index (χ0n) is 11.0. The first-order valence-corrected chi connectivity index (χ1v) is 5.89. The van der Waals surface area contributed by atoms with E-state index in [1.165, 1.54) is 11.1 Å². The fourth-order valence-electron chi connectivity index (χ4n) is 2.08. The minimum atomic E-state index is 0. The molecule has 0 fully saturated rings. The summed E-state index contributed by atoms with van der Waals surface area (Å²) in [5.74, 6) is 1.31. The zero-order valence-corrected chi connectivity index (χ0v) is 11.0. The number of pyridine rings is 1. The monoisotopic (exact) mass is 244 g/mol. The second kappa shape index (κ2) is 6.77. The number of benzene rings is 1. The molecule has 3 N–H and O–H groups in total. The van der Waals surface area contributed by atoms with Gasteiger partial charge in [-0.2, -0.15) is 0 Å². The Morgan fingerprint density at radius 3 is 2.33 bits per heavy atom. The van der Waals surface area contributed by atoms with Crippen molar-refractivity contribution in [3.05, 3.63) is 59.9 Å². The highest BCUT2D eigenvalue weighted by Crippen LogP contribution is 2.28. The molecule has 1 heterocycles. The fourth-order valence-corrected chi connectivity index (χ4v) is 2.08. The molecule has 0 bridgehead atoms. The van der Waals surface area contributed by atoms with Gasteiger partial charge in [0.05, 0.1) is 7.11 Å². The van der Waals surface area contributed by atoms with Crippen LogP contribution in [0.25, 0.3) is 0 Å². The van der Waals surface area contributed by atoms with Crippen LogP contribution in [0.4, 0.5) is 0 Å². The molecule has 3 heteroatoms. The van der Waals surface area contributed by atoms with Gasteiger partial charge in [0.15, 0.2) is 0 Å². The summed E-state index contributed by atoms with van der Waals surface area (Å²) in [6, 6.07) is 12.4. The Labute approximate surface area is 108 Å². The number of hydrogen-bond acceptors (Lipinski definition) is 3. The Hall–Kier alpha value is -1.87. The maximum atomic E-state index is 5.18. The molecule has 1 aromatic carbocycles. The second-order valence-corrected chi connectivity index (χ2v) is 4.02. The van der Waals surface area contributed by atoms with E-state index in [4.69, 9.17) is 4.74 Å². The molecule has 0 saturated carbocycles. The molecule has 0 amide bonds. The molecule has 18 heavy (non-hydrogen) atoms. The van der Waals surface area contributed by atoms with Gasteiger partial charge < -0.3 is 10.9 Å². The summed E-state index contributed by atoms with van der Waals surface area (Å²) in [5.41, 5.74) is 2.57. The number of methoxy groups -OCH3 is 1. The van der Waals surface area contributed by atoms with Gasteiger partial charge in [-0.1, -0.05) is 25.1 Å². The SMILES string of the molecule is CCC(c1ccc(OC)cc1)c1cccnc1.N. The molecule has 3 nitrogen and oxygen atoms in total. The highest BCUT2D eigenvalue weighted by Gasteiger charge is 2.11. The van der Waals surface area contributed by atoms with Gasteiger partial charge in [-0.3, -0.25) is 4.98 Å². The second-order valence-electron chi connectivity index (χ2n) is 4.02. The standard InChI is InChI=1S/C15H17NO.H3N/c1-3-15(13-5-4-10-16-11-13)12-6-8-14(17-2)9-7-12;/h4-11,15H,3H2,1-2H3;1H3. The molecule has 1 atom stereocenters. The van der Waals surface area contributed by atoms with Crippen molar-refractivity contribution in [2.24, 2.45) is 0 Å². The van der Waals surface area contributed by atoms with Crippen LogP contribution in [0.2, 0.25) is 0 Å². The van der Waals surface area contributed by atoms with Crippen LogP contribution in [0, 0.1) is 0 Å². The third-order valence-corrected chi connectivity index (χ3v) is 3.01. The molecule has 96 valence electrons. The molecule has 0 saturated heterocycles. The van der Waals surface area contributed by atoms with Gasteiger partial charge in [0.25, 0.3) is 0 Å². The van der Waals surface area contributed by atoms with E-state index in [1.54, 1.807) is 7.11 Å². The highest BCUT2D eigenvalue weighted by molar-refractivity contribution is 5.34. The van der Waals surface area contributed by atoms with E-state index in [9.17, 15) is 0 Å². The lowest BCUT2D eigenvalue weighted by Gasteiger charge is -2.15. The van der Waals surface area contributed by atoms with Crippen molar-refractivity contribution in [2.45, 2.75) is 19.3 Å². The molecule has 2 rings (SSSR count). The Bertz CT molecular complexity index is 454. The molecule has 2 aromatic rings. The molecule has 0 spiro atoms. The topological polar surface area (TPSA) is 57.1 Å². The summed E-state index contributed by atoms with van der Waals surface area (Å²) in [7, 11) is 1.69. The van der Waals surface area contributed by atoms with Gasteiger partial charge in [-0.05, 0) is 35.7 Å². The number of hydrogen-bond donors (Lipinski definition) is 1. The summed E-state index contributed by atoms with van der Waals surface area (Å²) < 4.78 is 5.18. The lowest BCUT2D eigenvalue weighted by atomic mass is 9.90. The summed E-state index contributed by atoms with van der Waals surface area (Å²) in [4.78, 5) is 4.19. The molecule has 0 aliphatic rings. The molecule has 0 aliphatic heterocycles. The van der Waals surface area contributed by atoms with E-state index in [1.807, 2.05) is 30.6 Å². The minimum absolute atomic E-state index is 0. The number of ether oxygens (including phenoxy) is 1. The molecule has 1 unspecified atom stereocenters. The quantitative estimate of drug-likeness (QED) is 0.890. The van der Waals surface area contributed by atoms with Crippen LogP contribution in [-0.2, 0) is 0 Å². The minimum Gasteiger partial charge on any atom is -0.497 e. The number of rotatable bonds is 4. The predicted octanol–water partition coefficient (Wildman–Crippen LogP) is 3.79. The van der Waals surface area contributed by atoms with Crippen LogP contribution in [0.1, 0.15) is 30.4 Å². The van der Waals surface area contributed by atoms with E-state index in [2.05, 4.69) is 30.1 Å². The van der Waals surface area contributed by atoms with Gasteiger partial charge in [0.1, 0.15) is 5.75 Å². The van der Waals surface area contributed by atoms with Crippen molar-refractivity contribution < 1.29 is 4.74 Å². The first-order chi connectivity index (χ1) is 8.35. The normalized spacial score (nSPS) is 11.4. The first kappa shape index (κ1) is 14.2. The summed E-state index contributed by atoms with van der Waals surface area (Å²) in [6.07, 6.45) is 4.82. The first-order valence-electron chi connectivity index (χ1n) is 5.89. The highest BCUT2D eigenvalue weighted by atomic mass is 16.5. The van der Waals surface area contributed by atoms with E-state index in [-0.39, 0.29) is 6.15 Å². The van der Waals surface area contributed by atoms with Crippen LogP contribution >= 0.6 is 0 Å². The lowest BCUT2D eigenvalue weighted by molar-refractivity contribution is 0.414. The van der Waals surface area contributed by atoms with E-state index >= 15 is 0 Å². The Kier molecular flexibility index (Phi) is 5.33. The molecular formula is C15H20N2O. The average molecular weight is 244 g/mol. The Morgan fingerprint density at radius 1 is 1.11 bits per heavy atom. The van der Waals surface area contributed by atoms with Crippen LogP contribution in [-0.4, -0.2) is 12.1 Å². The number of nitrogens with zero attached hydrogens (tertiary/aromatic N) is 1. The van der Waals surface area contributed by atoms with E-state index in [0.717, 1.165) is 12.2 Å². The zero-order chi connectivity index (χ0) is 12.1. The van der Waals surface area contributed by atoms with Gasteiger partial charge >= 0.3 is 0 Å². The van der Waals surface area contributed by atoms with Crippen LogP contribution in [0.15, 0.2) is 48.8 Å². The van der Waals surface area contributed by atoms with Crippen LogP contribution in [0.5, 0.6) is 5.75 Å². The van der Waals surface area contributed by atoms with Gasteiger partial charge in [-0.25, -0.2) is 0 Å². The van der Waals surface area contributed by atoms with Gasteiger partial charge in [-0.15, -0.1) is 0 Å². The van der Waals surface area contributed by atoms with Crippen molar-refractivity contribution in [1.82, 2.24) is 11.1 Å².